The Morgan fingerprint density at radius 3 is 2.20 bits per heavy atom. The van der Waals surface area contributed by atoms with Crippen LogP contribution in [0.1, 0.15) is 45.0 Å². The highest BCUT2D eigenvalue weighted by atomic mass is 16.1. The minimum atomic E-state index is 0.178. The summed E-state index contributed by atoms with van der Waals surface area (Å²) in [4.78, 5) is 12.7. The molecule has 1 saturated carbocycles. The van der Waals surface area contributed by atoms with Crippen molar-refractivity contribution in [1.29, 1.82) is 0 Å². The Morgan fingerprint density at radius 2 is 1.60 bits per heavy atom. The topological polar surface area (TPSA) is 17.1 Å². The molecule has 0 bridgehead atoms. The Hall–Kier alpha value is -1.89. The van der Waals surface area contributed by atoms with Gasteiger partial charge in [-0.3, -0.25) is 4.79 Å². The van der Waals surface area contributed by atoms with Gasteiger partial charge in [0.2, 0.25) is 0 Å². The average Bonchev–Trinajstić information content (AvgIpc) is 3.18. The minimum Gasteiger partial charge on any atom is -0.294 e. The molecule has 2 unspecified atom stereocenters. The molecule has 3 rings (SSSR count). The zero-order chi connectivity index (χ0) is 14.3. The summed E-state index contributed by atoms with van der Waals surface area (Å²) in [6, 6.07) is 14.6. The second kappa shape index (κ2) is 4.90. The van der Waals surface area contributed by atoms with Gasteiger partial charge < -0.3 is 0 Å². The standard InChI is InChI=1S/C19H20O/c1-12-9-13(2)18(14(3)10-12)19(20)17-11-16(17)15-7-5-4-6-8-15/h4-10,16-17H,11H2,1-3H3. The first kappa shape index (κ1) is 13.1. The molecule has 0 heterocycles. The molecule has 2 aromatic rings. The third kappa shape index (κ3) is 2.29. The predicted molar refractivity (Wildman–Crippen MR) is 82.3 cm³/mol. The summed E-state index contributed by atoms with van der Waals surface area (Å²) in [5.74, 6) is 0.926. The molecule has 20 heavy (non-hydrogen) atoms. The Kier molecular flexibility index (Phi) is 3.21. The van der Waals surface area contributed by atoms with Crippen molar-refractivity contribution >= 4 is 5.78 Å². The summed E-state index contributed by atoms with van der Waals surface area (Å²) < 4.78 is 0. The number of hydrogen-bond donors (Lipinski definition) is 0. The van der Waals surface area contributed by atoms with Crippen LogP contribution < -0.4 is 0 Å². The van der Waals surface area contributed by atoms with Crippen molar-refractivity contribution in [2.24, 2.45) is 5.92 Å². The summed E-state index contributed by atoms with van der Waals surface area (Å²) in [7, 11) is 0. The average molecular weight is 264 g/mol. The van der Waals surface area contributed by atoms with E-state index in [4.69, 9.17) is 0 Å². The third-order valence-electron chi connectivity index (χ3n) is 4.28. The maximum absolute atomic E-state index is 12.7. The Bertz CT molecular complexity index is 632. The van der Waals surface area contributed by atoms with Crippen LogP contribution in [-0.4, -0.2) is 5.78 Å². The fraction of sp³-hybridized carbons (Fsp3) is 0.316. The molecule has 1 nitrogen and oxygen atoms in total. The lowest BCUT2D eigenvalue weighted by Gasteiger charge is -2.10. The molecule has 0 radical (unpaired) electrons. The molecule has 0 aliphatic heterocycles. The van der Waals surface area contributed by atoms with Crippen molar-refractivity contribution in [3.8, 4) is 0 Å². The normalized spacial score (nSPS) is 20.8. The van der Waals surface area contributed by atoms with Crippen LogP contribution in [0.3, 0.4) is 0 Å². The predicted octanol–water partition coefficient (Wildman–Crippen LogP) is 4.60. The number of carbonyl (C=O) groups excluding carboxylic acids is 1. The molecular formula is C19H20O. The van der Waals surface area contributed by atoms with Gasteiger partial charge in [0.15, 0.2) is 5.78 Å². The van der Waals surface area contributed by atoms with Crippen molar-refractivity contribution < 1.29 is 4.79 Å². The lowest BCUT2D eigenvalue weighted by molar-refractivity contribution is 0.0964. The van der Waals surface area contributed by atoms with E-state index in [0.717, 1.165) is 23.1 Å². The third-order valence-corrected chi connectivity index (χ3v) is 4.28. The first-order chi connectivity index (χ1) is 9.58. The van der Waals surface area contributed by atoms with E-state index in [9.17, 15) is 4.79 Å². The van der Waals surface area contributed by atoms with Crippen molar-refractivity contribution in [2.45, 2.75) is 33.1 Å². The van der Waals surface area contributed by atoms with Crippen molar-refractivity contribution in [3.63, 3.8) is 0 Å². The number of carbonyl (C=O) groups is 1. The van der Waals surface area contributed by atoms with Crippen molar-refractivity contribution in [1.82, 2.24) is 0 Å². The van der Waals surface area contributed by atoms with Crippen molar-refractivity contribution in [3.05, 3.63) is 70.3 Å². The van der Waals surface area contributed by atoms with Crippen LogP contribution in [0, 0.1) is 26.7 Å². The molecular weight excluding hydrogens is 244 g/mol. The number of hydrogen-bond acceptors (Lipinski definition) is 1. The molecule has 0 amide bonds. The molecule has 1 fully saturated rings. The fourth-order valence-corrected chi connectivity index (χ4v) is 3.31. The summed E-state index contributed by atoms with van der Waals surface area (Å²) in [6.45, 7) is 6.18. The molecule has 1 aliphatic rings. The van der Waals surface area contributed by atoms with E-state index in [1.54, 1.807) is 0 Å². The van der Waals surface area contributed by atoms with Gasteiger partial charge in [-0.05, 0) is 49.8 Å². The maximum atomic E-state index is 12.7. The summed E-state index contributed by atoms with van der Waals surface area (Å²) in [5, 5.41) is 0. The summed E-state index contributed by atoms with van der Waals surface area (Å²) in [6.07, 6.45) is 0.996. The van der Waals surface area contributed by atoms with Crippen LogP contribution in [0.4, 0.5) is 0 Å². The lowest BCUT2D eigenvalue weighted by Crippen LogP contribution is -2.08. The SMILES string of the molecule is Cc1cc(C)c(C(=O)C2CC2c2ccccc2)c(C)c1. The van der Waals surface area contributed by atoms with Gasteiger partial charge in [-0.1, -0.05) is 48.0 Å². The molecule has 102 valence electrons. The first-order valence-corrected chi connectivity index (χ1v) is 7.25. The smallest absolute Gasteiger partial charge is 0.167 e. The summed E-state index contributed by atoms with van der Waals surface area (Å²) in [5.41, 5.74) is 5.71. The van der Waals surface area contributed by atoms with Crippen molar-refractivity contribution in [2.75, 3.05) is 0 Å². The molecule has 2 atom stereocenters. The Labute approximate surface area is 120 Å². The molecule has 0 saturated heterocycles. The fourth-order valence-electron chi connectivity index (χ4n) is 3.31. The van der Waals surface area contributed by atoms with Gasteiger partial charge in [0.1, 0.15) is 0 Å². The number of benzene rings is 2. The molecule has 1 aliphatic carbocycles. The highest BCUT2D eigenvalue weighted by Crippen LogP contribution is 2.49. The highest BCUT2D eigenvalue weighted by molar-refractivity contribution is 6.02. The van der Waals surface area contributed by atoms with Crippen LogP contribution >= 0.6 is 0 Å². The van der Waals surface area contributed by atoms with Crippen LogP contribution in [0.25, 0.3) is 0 Å². The maximum Gasteiger partial charge on any atom is 0.167 e. The zero-order valence-electron chi connectivity index (χ0n) is 12.3. The molecule has 0 N–H and O–H groups in total. The highest BCUT2D eigenvalue weighted by Gasteiger charge is 2.44. The van der Waals surface area contributed by atoms with Gasteiger partial charge in [-0.2, -0.15) is 0 Å². The summed E-state index contributed by atoms with van der Waals surface area (Å²) >= 11 is 0. The second-order valence-corrected chi connectivity index (χ2v) is 6.00. The van der Waals surface area contributed by atoms with E-state index >= 15 is 0 Å². The van der Waals surface area contributed by atoms with Gasteiger partial charge in [-0.15, -0.1) is 0 Å². The van der Waals surface area contributed by atoms with Crippen LogP contribution in [-0.2, 0) is 0 Å². The van der Waals surface area contributed by atoms with E-state index < -0.39 is 0 Å². The largest absolute Gasteiger partial charge is 0.294 e. The van der Waals surface area contributed by atoms with Crippen LogP contribution in [0.2, 0.25) is 0 Å². The van der Waals surface area contributed by atoms with E-state index in [1.807, 2.05) is 19.9 Å². The van der Waals surface area contributed by atoms with E-state index in [2.05, 4.69) is 43.3 Å². The van der Waals surface area contributed by atoms with Gasteiger partial charge >= 0.3 is 0 Å². The van der Waals surface area contributed by atoms with E-state index in [-0.39, 0.29) is 5.92 Å². The molecule has 0 spiro atoms. The zero-order valence-corrected chi connectivity index (χ0v) is 12.3. The number of aryl methyl sites for hydroxylation is 3. The number of ketones is 1. The van der Waals surface area contributed by atoms with Gasteiger partial charge in [-0.25, -0.2) is 0 Å². The minimum absolute atomic E-state index is 0.178. The molecule has 2 aromatic carbocycles. The Balaban J connectivity index is 1.86. The number of Topliss-reactive ketones (excluding diaryl/α,β-unsaturated/α-hetero) is 1. The van der Waals surface area contributed by atoms with Crippen LogP contribution in [0.5, 0.6) is 0 Å². The quantitative estimate of drug-likeness (QED) is 0.740. The second-order valence-electron chi connectivity index (χ2n) is 6.00. The number of rotatable bonds is 3. The first-order valence-electron chi connectivity index (χ1n) is 7.25. The van der Waals surface area contributed by atoms with E-state index in [0.29, 0.717) is 11.7 Å². The van der Waals surface area contributed by atoms with Gasteiger partial charge in [0.25, 0.3) is 0 Å². The van der Waals surface area contributed by atoms with Crippen LogP contribution in [0.15, 0.2) is 42.5 Å². The van der Waals surface area contributed by atoms with E-state index in [1.165, 1.54) is 11.1 Å². The molecule has 0 aromatic heterocycles. The van der Waals surface area contributed by atoms with Gasteiger partial charge in [0.05, 0.1) is 0 Å². The lowest BCUT2D eigenvalue weighted by atomic mass is 9.93. The Morgan fingerprint density at radius 1 is 1.00 bits per heavy atom. The molecule has 1 heteroatoms. The van der Waals surface area contributed by atoms with Gasteiger partial charge in [0, 0.05) is 11.5 Å². The monoisotopic (exact) mass is 264 g/mol.